The summed E-state index contributed by atoms with van der Waals surface area (Å²) in [5.41, 5.74) is 18.4. The Morgan fingerprint density at radius 3 is 0.746 bits per heavy atom. The molecule has 356 valence electrons. The number of aromatic carboxylic acids is 1. The molecule has 0 saturated heterocycles. The Balaban J connectivity index is 1.14. The maximum absolute atomic E-state index is 13.2. The lowest BCUT2D eigenvalue weighted by molar-refractivity contribution is 0.0696. The first-order chi connectivity index (χ1) is 35.0. The van der Waals surface area contributed by atoms with Gasteiger partial charge in [-0.15, -0.1) is 0 Å². The van der Waals surface area contributed by atoms with E-state index in [9.17, 15) is 9.90 Å². The van der Waals surface area contributed by atoms with Crippen LogP contribution in [0.4, 0.5) is 0 Å². The Morgan fingerprint density at radius 2 is 0.493 bits per heavy atom. The fourth-order valence-corrected chi connectivity index (χ4v) is 11.2. The van der Waals surface area contributed by atoms with Crippen molar-refractivity contribution in [1.29, 1.82) is 0 Å². The summed E-state index contributed by atoms with van der Waals surface area (Å²) in [6.07, 6.45) is 8.55. The molecule has 8 aromatic rings. The SMILES string of the molecule is O=C(O)c1cc2c3c(c1)Cc1cccc4c1OCCc1ccccc1CCc1ccccc1CCOc1c(cccc1C2)Cc1cccc(c1OCCc1ccccc1CCc1ccccc1CCO3)C4. The van der Waals surface area contributed by atoms with Gasteiger partial charge in [-0.05, 0) is 127 Å². The average molecular weight is 937 g/mol. The van der Waals surface area contributed by atoms with Gasteiger partial charge in [-0.25, -0.2) is 4.79 Å². The van der Waals surface area contributed by atoms with Crippen molar-refractivity contribution in [2.24, 2.45) is 0 Å². The van der Waals surface area contributed by atoms with E-state index in [1.54, 1.807) is 0 Å². The molecule has 13 rings (SSSR count). The van der Waals surface area contributed by atoms with Crippen LogP contribution in [0.2, 0.25) is 0 Å². The van der Waals surface area contributed by atoms with Gasteiger partial charge < -0.3 is 24.1 Å². The number of fused-ring (bicyclic) bond motifs is 10. The molecule has 0 spiro atoms. The number of benzene rings is 8. The summed E-state index contributed by atoms with van der Waals surface area (Å²) in [7, 11) is 0. The van der Waals surface area contributed by atoms with Crippen LogP contribution >= 0.6 is 0 Å². The molecule has 0 radical (unpaired) electrons. The zero-order valence-corrected chi connectivity index (χ0v) is 40.4. The number of carboxylic acids is 1. The normalized spacial score (nSPS) is 15.0. The van der Waals surface area contributed by atoms with Crippen LogP contribution in [0.25, 0.3) is 0 Å². The lowest BCUT2D eigenvalue weighted by atomic mass is 9.90. The van der Waals surface area contributed by atoms with Gasteiger partial charge in [-0.1, -0.05) is 152 Å². The molecule has 8 aromatic carbocycles. The van der Waals surface area contributed by atoms with E-state index in [-0.39, 0.29) is 5.56 Å². The summed E-state index contributed by atoms with van der Waals surface area (Å²) >= 11 is 0. The Hall–Kier alpha value is -7.57. The van der Waals surface area contributed by atoms with Crippen LogP contribution in [0.15, 0.2) is 164 Å². The second kappa shape index (κ2) is 21.2. The molecule has 6 heteroatoms. The monoisotopic (exact) mass is 936 g/mol. The predicted octanol–water partition coefficient (Wildman–Crippen LogP) is 12.7. The molecule has 1 aliphatic carbocycles. The quantitative estimate of drug-likeness (QED) is 0.177. The first-order valence-corrected chi connectivity index (χ1v) is 25.5. The summed E-state index contributed by atoms with van der Waals surface area (Å²) in [6, 6.07) is 58.1. The smallest absolute Gasteiger partial charge is 0.335 e. The third kappa shape index (κ3) is 10.3. The van der Waals surface area contributed by atoms with Crippen LogP contribution in [-0.4, -0.2) is 37.5 Å². The summed E-state index contributed by atoms with van der Waals surface area (Å²) in [6.45, 7) is 1.88. The van der Waals surface area contributed by atoms with Crippen LogP contribution in [0, 0.1) is 0 Å². The number of rotatable bonds is 1. The summed E-state index contributed by atoms with van der Waals surface area (Å²) < 4.78 is 28.5. The van der Waals surface area contributed by atoms with Gasteiger partial charge in [-0.2, -0.15) is 0 Å². The first-order valence-electron chi connectivity index (χ1n) is 25.5. The Labute approximate surface area is 417 Å². The number of carboxylic acid groups (broad SMARTS) is 1. The van der Waals surface area contributed by atoms with Crippen LogP contribution in [0.3, 0.4) is 0 Å². The lowest BCUT2D eigenvalue weighted by Crippen LogP contribution is -2.13. The molecule has 12 bridgehead atoms. The molecule has 71 heavy (non-hydrogen) atoms. The molecule has 1 N–H and O–H groups in total. The number of para-hydroxylation sites is 3. The van der Waals surface area contributed by atoms with Gasteiger partial charge in [0.05, 0.1) is 32.0 Å². The second-order valence-electron chi connectivity index (χ2n) is 19.3. The van der Waals surface area contributed by atoms with Gasteiger partial charge in [0.15, 0.2) is 0 Å². The Morgan fingerprint density at radius 1 is 0.282 bits per heavy atom. The number of carbonyl (C=O) groups is 1. The zero-order valence-electron chi connectivity index (χ0n) is 40.4. The maximum atomic E-state index is 13.2. The summed E-state index contributed by atoms with van der Waals surface area (Å²) in [5, 5.41) is 10.8. The highest BCUT2D eigenvalue weighted by atomic mass is 16.5. The highest BCUT2D eigenvalue weighted by molar-refractivity contribution is 5.88. The predicted molar refractivity (Wildman–Crippen MR) is 281 cm³/mol. The van der Waals surface area contributed by atoms with E-state index in [1.807, 2.05) is 12.1 Å². The van der Waals surface area contributed by atoms with Crippen molar-refractivity contribution >= 4 is 5.97 Å². The van der Waals surface area contributed by atoms with Gasteiger partial charge in [0.1, 0.15) is 23.0 Å². The van der Waals surface area contributed by atoms with Crippen molar-refractivity contribution in [1.82, 2.24) is 0 Å². The molecule has 0 unspecified atom stereocenters. The minimum absolute atomic E-state index is 0.222. The topological polar surface area (TPSA) is 74.2 Å². The van der Waals surface area contributed by atoms with E-state index < -0.39 is 5.97 Å². The largest absolute Gasteiger partial charge is 0.493 e. The van der Waals surface area contributed by atoms with Crippen LogP contribution in [0.5, 0.6) is 23.0 Å². The molecule has 0 amide bonds. The third-order valence-electron chi connectivity index (χ3n) is 14.8. The fraction of sp³-hybridized carbons (Fsp3) is 0.246. The Bertz CT molecular complexity index is 3070. The molecule has 0 saturated carbocycles. The fourth-order valence-electron chi connectivity index (χ4n) is 11.2. The minimum atomic E-state index is -0.981. The molecular formula is C65H60O6. The highest BCUT2D eigenvalue weighted by Gasteiger charge is 2.24. The Kier molecular flexibility index (Phi) is 13.7. The van der Waals surface area contributed by atoms with Gasteiger partial charge >= 0.3 is 5.97 Å². The molecule has 6 nitrogen and oxygen atoms in total. The number of aryl methyl sites for hydroxylation is 4. The van der Waals surface area contributed by atoms with Crippen LogP contribution in [-0.2, 0) is 77.0 Å². The summed E-state index contributed by atoms with van der Waals surface area (Å²) in [4.78, 5) is 13.2. The van der Waals surface area contributed by atoms with E-state index in [0.717, 1.165) is 107 Å². The minimum Gasteiger partial charge on any atom is -0.493 e. The van der Waals surface area contributed by atoms with Crippen LogP contribution < -0.4 is 18.9 Å². The van der Waals surface area contributed by atoms with Crippen molar-refractivity contribution in [2.75, 3.05) is 26.4 Å². The van der Waals surface area contributed by atoms with Gasteiger partial charge in [0.2, 0.25) is 0 Å². The van der Waals surface area contributed by atoms with Crippen molar-refractivity contribution < 1.29 is 28.8 Å². The summed E-state index contributed by atoms with van der Waals surface area (Å²) in [5.74, 6) is 2.25. The molecule has 5 aliphatic rings. The second-order valence-corrected chi connectivity index (χ2v) is 19.3. The average Bonchev–Trinajstić information content (AvgIpc) is 3.38. The molecule has 0 aromatic heterocycles. The first kappa shape index (κ1) is 45.8. The van der Waals surface area contributed by atoms with E-state index in [4.69, 9.17) is 18.9 Å². The van der Waals surface area contributed by atoms with Crippen molar-refractivity contribution in [3.05, 3.63) is 258 Å². The van der Waals surface area contributed by atoms with Crippen molar-refractivity contribution in [3.8, 4) is 23.0 Å². The number of hydrogen-bond acceptors (Lipinski definition) is 5. The van der Waals surface area contributed by atoms with Crippen LogP contribution in [0.1, 0.15) is 99.4 Å². The number of ether oxygens (including phenoxy) is 4. The van der Waals surface area contributed by atoms with Crippen molar-refractivity contribution in [3.63, 3.8) is 0 Å². The maximum Gasteiger partial charge on any atom is 0.335 e. The highest BCUT2D eigenvalue weighted by Crippen LogP contribution is 2.40. The third-order valence-corrected chi connectivity index (χ3v) is 14.8. The zero-order chi connectivity index (χ0) is 47.9. The van der Waals surface area contributed by atoms with Gasteiger partial charge in [0, 0.05) is 51.4 Å². The standard InChI is InChI=1S/C65H60O6/c66-65(67)60-42-58-40-56-24-10-22-54-38-52-20-9-21-53-39-55-23-11-25-57(63(55)70-36-32-50-18-7-3-14-46(50)27-26-45-13-2-6-17-49(45)31-35-69-62(54)56)41-59(43-60)64(58)71-37-33-51-19-8-4-15-47(51)29-28-44-12-1-5-16-48(44)30-34-68-61(52)53/h1-25,42-43H,26-41H2,(H,66,67). The molecule has 4 aliphatic heterocycles. The van der Waals surface area contributed by atoms with Gasteiger partial charge in [0.25, 0.3) is 0 Å². The molecule has 0 fully saturated rings. The lowest BCUT2D eigenvalue weighted by Gasteiger charge is -2.23. The molecule has 0 atom stereocenters. The van der Waals surface area contributed by atoms with E-state index in [0.29, 0.717) is 64.3 Å². The van der Waals surface area contributed by atoms with E-state index >= 15 is 0 Å². The van der Waals surface area contributed by atoms with Gasteiger partial charge in [-0.3, -0.25) is 0 Å². The van der Waals surface area contributed by atoms with E-state index in [1.165, 1.54) is 44.5 Å². The molecule has 4 heterocycles. The molecular weight excluding hydrogens is 877 g/mol. The van der Waals surface area contributed by atoms with Crippen molar-refractivity contribution in [2.45, 2.75) is 77.0 Å². The number of hydrogen-bond donors (Lipinski definition) is 1. The van der Waals surface area contributed by atoms with E-state index in [2.05, 4.69) is 152 Å².